The average Bonchev–Trinajstić information content (AvgIpc) is 2.58. The Morgan fingerprint density at radius 1 is 1.16 bits per heavy atom. The Hall–Kier alpha value is -1.02. The van der Waals surface area contributed by atoms with Crippen LogP contribution < -0.4 is 0 Å². The van der Waals surface area contributed by atoms with Crippen LogP contribution in [0.5, 0.6) is 0 Å². The molecule has 2 saturated carbocycles. The summed E-state index contributed by atoms with van der Waals surface area (Å²) in [4.78, 5) is 11.4. The first kappa shape index (κ1) is 13.0. The van der Waals surface area contributed by atoms with Crippen molar-refractivity contribution >= 4 is 17.6 Å². The van der Waals surface area contributed by atoms with E-state index in [1.54, 1.807) is 0 Å². The molecule has 19 heavy (non-hydrogen) atoms. The summed E-state index contributed by atoms with van der Waals surface area (Å²) in [6.45, 7) is 0. The largest absolute Gasteiger partial charge is 0.481 e. The third-order valence-electron chi connectivity index (χ3n) is 5.25. The first-order valence-corrected chi connectivity index (χ1v) is 7.48. The molecule has 2 unspecified atom stereocenters. The van der Waals surface area contributed by atoms with Crippen LogP contribution >= 0.6 is 11.6 Å². The van der Waals surface area contributed by atoms with Crippen LogP contribution in [0.1, 0.15) is 44.1 Å². The van der Waals surface area contributed by atoms with Crippen LogP contribution in [0, 0.1) is 11.8 Å². The van der Waals surface area contributed by atoms with Gasteiger partial charge in [0.15, 0.2) is 0 Å². The lowest BCUT2D eigenvalue weighted by atomic mass is 9.60. The lowest BCUT2D eigenvalue weighted by molar-refractivity contribution is -0.139. The molecule has 2 aliphatic rings. The molecule has 0 saturated heterocycles. The SMILES string of the molecule is O=C(O)CC1(c2ccc(Cl)cc2)C2CCCC1CC2. The Morgan fingerprint density at radius 2 is 1.74 bits per heavy atom. The maximum absolute atomic E-state index is 11.4. The van der Waals surface area contributed by atoms with Gasteiger partial charge in [-0.05, 0) is 55.2 Å². The molecule has 0 aliphatic heterocycles. The standard InChI is InChI=1S/C16H19ClO2/c17-14-8-6-13(7-9-14)16(10-15(18)19)11-2-1-3-12(16)5-4-11/h6-9,11-12H,1-5,10H2,(H,18,19). The third-order valence-corrected chi connectivity index (χ3v) is 5.50. The lowest BCUT2D eigenvalue weighted by Gasteiger charge is -2.43. The molecule has 1 N–H and O–H groups in total. The van der Waals surface area contributed by atoms with E-state index < -0.39 is 5.97 Å². The van der Waals surface area contributed by atoms with Crippen molar-refractivity contribution in [2.45, 2.75) is 43.9 Å². The number of fused-ring (bicyclic) bond motifs is 2. The molecule has 0 aromatic heterocycles. The summed E-state index contributed by atoms with van der Waals surface area (Å²) in [6.07, 6.45) is 6.23. The fourth-order valence-electron chi connectivity index (χ4n) is 4.54. The van der Waals surface area contributed by atoms with E-state index >= 15 is 0 Å². The zero-order valence-electron chi connectivity index (χ0n) is 10.9. The Bertz CT molecular complexity index is 464. The number of carbonyl (C=O) groups is 1. The second-order valence-corrected chi connectivity index (χ2v) is 6.46. The van der Waals surface area contributed by atoms with E-state index in [1.165, 1.54) is 37.7 Å². The van der Waals surface area contributed by atoms with Gasteiger partial charge in [-0.2, -0.15) is 0 Å². The van der Waals surface area contributed by atoms with Crippen LogP contribution in [0.2, 0.25) is 5.02 Å². The molecule has 2 fully saturated rings. The second kappa shape index (κ2) is 4.82. The average molecular weight is 279 g/mol. The summed E-state index contributed by atoms with van der Waals surface area (Å²) in [5.41, 5.74) is 1.04. The third kappa shape index (κ3) is 2.06. The highest BCUT2D eigenvalue weighted by atomic mass is 35.5. The van der Waals surface area contributed by atoms with Gasteiger partial charge in [0.25, 0.3) is 0 Å². The fraction of sp³-hybridized carbons (Fsp3) is 0.562. The molecule has 3 rings (SSSR count). The lowest BCUT2D eigenvalue weighted by Crippen LogP contribution is -2.41. The molecule has 102 valence electrons. The zero-order valence-corrected chi connectivity index (χ0v) is 11.7. The van der Waals surface area contributed by atoms with E-state index in [4.69, 9.17) is 11.6 Å². The van der Waals surface area contributed by atoms with Gasteiger partial charge in [0.2, 0.25) is 0 Å². The molecular formula is C16H19ClO2. The molecule has 1 aromatic rings. The molecule has 2 bridgehead atoms. The molecule has 2 nitrogen and oxygen atoms in total. The number of aliphatic carboxylic acids is 1. The maximum Gasteiger partial charge on any atom is 0.304 e. The van der Waals surface area contributed by atoms with Gasteiger partial charge in [-0.15, -0.1) is 0 Å². The predicted molar refractivity (Wildman–Crippen MR) is 75.4 cm³/mol. The summed E-state index contributed by atoms with van der Waals surface area (Å²) in [5.74, 6) is 0.390. The predicted octanol–water partition coefficient (Wildman–Crippen LogP) is 4.26. The summed E-state index contributed by atoms with van der Waals surface area (Å²) in [7, 11) is 0. The molecule has 0 spiro atoms. The summed E-state index contributed by atoms with van der Waals surface area (Å²) in [6, 6.07) is 7.88. The number of benzene rings is 1. The van der Waals surface area contributed by atoms with Gasteiger partial charge in [0.1, 0.15) is 0 Å². The molecular weight excluding hydrogens is 260 g/mol. The van der Waals surface area contributed by atoms with E-state index in [1.807, 2.05) is 24.3 Å². The highest BCUT2D eigenvalue weighted by molar-refractivity contribution is 6.30. The highest BCUT2D eigenvalue weighted by Gasteiger charge is 2.53. The highest BCUT2D eigenvalue weighted by Crippen LogP contribution is 2.58. The van der Waals surface area contributed by atoms with Crippen molar-refractivity contribution < 1.29 is 9.90 Å². The molecule has 0 heterocycles. The van der Waals surface area contributed by atoms with Crippen molar-refractivity contribution in [1.29, 1.82) is 0 Å². The van der Waals surface area contributed by atoms with Crippen molar-refractivity contribution in [2.24, 2.45) is 11.8 Å². The number of rotatable bonds is 3. The van der Waals surface area contributed by atoms with Gasteiger partial charge in [0, 0.05) is 10.4 Å². The van der Waals surface area contributed by atoms with Crippen molar-refractivity contribution in [3.8, 4) is 0 Å². The number of carboxylic acid groups (broad SMARTS) is 1. The maximum atomic E-state index is 11.4. The summed E-state index contributed by atoms with van der Waals surface area (Å²) >= 11 is 5.97. The monoisotopic (exact) mass is 278 g/mol. The van der Waals surface area contributed by atoms with Crippen LogP contribution in [-0.2, 0) is 10.2 Å². The van der Waals surface area contributed by atoms with E-state index in [0.717, 1.165) is 5.02 Å². The molecule has 1 aromatic carbocycles. The van der Waals surface area contributed by atoms with Gasteiger partial charge in [-0.1, -0.05) is 30.2 Å². The van der Waals surface area contributed by atoms with E-state index in [2.05, 4.69) is 0 Å². The molecule has 0 amide bonds. The van der Waals surface area contributed by atoms with E-state index in [9.17, 15) is 9.90 Å². The first-order valence-electron chi connectivity index (χ1n) is 7.11. The van der Waals surface area contributed by atoms with Crippen LogP contribution in [0.4, 0.5) is 0 Å². The minimum absolute atomic E-state index is 0.144. The number of halogens is 1. The summed E-state index contributed by atoms with van der Waals surface area (Å²) in [5, 5.41) is 10.1. The molecule has 0 radical (unpaired) electrons. The molecule has 2 atom stereocenters. The van der Waals surface area contributed by atoms with Crippen LogP contribution in [0.25, 0.3) is 0 Å². The minimum Gasteiger partial charge on any atom is -0.481 e. The van der Waals surface area contributed by atoms with Gasteiger partial charge >= 0.3 is 5.97 Å². The normalized spacial score (nSPS) is 33.3. The second-order valence-electron chi connectivity index (χ2n) is 6.02. The van der Waals surface area contributed by atoms with Crippen LogP contribution in [0.3, 0.4) is 0 Å². The Balaban J connectivity index is 2.06. The Morgan fingerprint density at radius 3 is 2.26 bits per heavy atom. The van der Waals surface area contributed by atoms with E-state index in [-0.39, 0.29) is 11.8 Å². The van der Waals surface area contributed by atoms with Crippen molar-refractivity contribution in [3.63, 3.8) is 0 Å². The number of hydrogen-bond donors (Lipinski definition) is 1. The molecule has 2 aliphatic carbocycles. The van der Waals surface area contributed by atoms with Gasteiger partial charge in [-0.25, -0.2) is 0 Å². The van der Waals surface area contributed by atoms with Crippen molar-refractivity contribution in [1.82, 2.24) is 0 Å². The molecule has 3 heteroatoms. The number of carboxylic acids is 1. The fourth-order valence-corrected chi connectivity index (χ4v) is 4.66. The topological polar surface area (TPSA) is 37.3 Å². The Kier molecular flexibility index (Phi) is 3.30. The van der Waals surface area contributed by atoms with Crippen molar-refractivity contribution in [2.75, 3.05) is 0 Å². The zero-order chi connectivity index (χ0) is 13.5. The van der Waals surface area contributed by atoms with E-state index in [0.29, 0.717) is 11.8 Å². The summed E-state index contributed by atoms with van der Waals surface area (Å²) < 4.78 is 0. The Labute approximate surface area is 118 Å². The van der Waals surface area contributed by atoms with Crippen LogP contribution in [0.15, 0.2) is 24.3 Å². The van der Waals surface area contributed by atoms with Crippen molar-refractivity contribution in [3.05, 3.63) is 34.9 Å². The van der Waals surface area contributed by atoms with Gasteiger partial charge < -0.3 is 5.11 Å². The van der Waals surface area contributed by atoms with Gasteiger partial charge in [-0.3, -0.25) is 4.79 Å². The number of hydrogen-bond acceptors (Lipinski definition) is 1. The first-order chi connectivity index (χ1) is 9.13. The van der Waals surface area contributed by atoms with Gasteiger partial charge in [0.05, 0.1) is 6.42 Å². The smallest absolute Gasteiger partial charge is 0.304 e. The minimum atomic E-state index is -0.672. The quantitative estimate of drug-likeness (QED) is 0.897. The van der Waals surface area contributed by atoms with Crippen LogP contribution in [-0.4, -0.2) is 11.1 Å².